The number of amides is 1. The average molecular weight is 334 g/mol. The molecule has 2 aromatic carbocycles. The fourth-order valence-corrected chi connectivity index (χ4v) is 3.25. The molecule has 0 aliphatic carbocycles. The number of hydrogen-bond acceptors (Lipinski definition) is 2. The van der Waals surface area contributed by atoms with Gasteiger partial charge in [0.25, 0.3) is 5.91 Å². The lowest BCUT2D eigenvalue weighted by Gasteiger charge is -2.23. The van der Waals surface area contributed by atoms with Gasteiger partial charge in [0.2, 0.25) is 0 Å². The molecular weight excluding hydrogens is 308 g/mol. The molecular formula is C22H26N2O. The molecule has 1 N–H and O–H groups in total. The Morgan fingerprint density at radius 1 is 1.16 bits per heavy atom. The summed E-state index contributed by atoms with van der Waals surface area (Å²) >= 11 is 0. The molecule has 1 fully saturated rings. The first-order chi connectivity index (χ1) is 12.2. The van der Waals surface area contributed by atoms with Crippen LogP contribution in [0.3, 0.4) is 0 Å². The van der Waals surface area contributed by atoms with Gasteiger partial charge in [0.15, 0.2) is 0 Å². The van der Waals surface area contributed by atoms with Crippen molar-refractivity contribution >= 4 is 12.0 Å². The summed E-state index contributed by atoms with van der Waals surface area (Å²) in [6, 6.07) is 18.3. The van der Waals surface area contributed by atoms with E-state index in [0.717, 1.165) is 24.2 Å². The van der Waals surface area contributed by atoms with E-state index in [0.29, 0.717) is 12.5 Å². The van der Waals surface area contributed by atoms with E-state index >= 15 is 0 Å². The van der Waals surface area contributed by atoms with Gasteiger partial charge in [-0.15, -0.1) is 0 Å². The summed E-state index contributed by atoms with van der Waals surface area (Å²) in [6.07, 6.45) is 6.52. The number of carbonyl (C=O) groups is 1. The van der Waals surface area contributed by atoms with Gasteiger partial charge in [0.1, 0.15) is 0 Å². The summed E-state index contributed by atoms with van der Waals surface area (Å²) in [7, 11) is 1.84. The first-order valence-electron chi connectivity index (χ1n) is 9.02. The molecule has 1 aliphatic rings. The van der Waals surface area contributed by atoms with Crippen LogP contribution in [0.15, 0.2) is 60.7 Å². The van der Waals surface area contributed by atoms with Gasteiger partial charge in [-0.25, -0.2) is 0 Å². The number of hydrogen-bond donors (Lipinski definition) is 1. The molecule has 0 bridgehead atoms. The molecule has 1 atom stereocenters. The topological polar surface area (TPSA) is 32.3 Å². The van der Waals surface area contributed by atoms with E-state index in [-0.39, 0.29) is 5.91 Å². The van der Waals surface area contributed by atoms with E-state index in [2.05, 4.69) is 29.6 Å². The van der Waals surface area contributed by atoms with Crippen molar-refractivity contribution < 1.29 is 4.79 Å². The third-order valence-electron chi connectivity index (χ3n) is 4.76. The van der Waals surface area contributed by atoms with Gasteiger partial charge >= 0.3 is 0 Å². The van der Waals surface area contributed by atoms with Crippen LogP contribution in [-0.2, 0) is 0 Å². The maximum absolute atomic E-state index is 12.6. The van der Waals surface area contributed by atoms with Crippen molar-refractivity contribution in [1.82, 2.24) is 10.2 Å². The van der Waals surface area contributed by atoms with Crippen LogP contribution in [0.25, 0.3) is 6.08 Å². The molecule has 0 radical (unpaired) electrons. The van der Waals surface area contributed by atoms with E-state index in [4.69, 9.17) is 0 Å². The molecule has 0 aromatic heterocycles. The van der Waals surface area contributed by atoms with Gasteiger partial charge in [0.05, 0.1) is 0 Å². The number of likely N-dealkylation sites (N-methyl/N-ethyl adjacent to an activating group) is 1. The molecule has 1 saturated heterocycles. The Hall–Kier alpha value is -2.39. The second-order valence-corrected chi connectivity index (χ2v) is 6.66. The summed E-state index contributed by atoms with van der Waals surface area (Å²) in [5.74, 6) is 0.635. The minimum Gasteiger partial charge on any atom is -0.338 e. The molecule has 3 nitrogen and oxygen atoms in total. The third-order valence-corrected chi connectivity index (χ3v) is 4.76. The smallest absolute Gasteiger partial charge is 0.253 e. The van der Waals surface area contributed by atoms with Crippen LogP contribution in [0.4, 0.5) is 0 Å². The number of piperidine rings is 1. The fourth-order valence-electron chi connectivity index (χ4n) is 3.25. The van der Waals surface area contributed by atoms with Crippen molar-refractivity contribution in [3.05, 3.63) is 77.4 Å². The summed E-state index contributed by atoms with van der Waals surface area (Å²) in [5.41, 5.74) is 3.23. The van der Waals surface area contributed by atoms with Crippen LogP contribution in [0, 0.1) is 0 Å². The number of nitrogens with zero attached hydrogens (tertiary/aromatic N) is 1. The molecule has 1 aliphatic heterocycles. The van der Waals surface area contributed by atoms with Crippen LogP contribution in [0.2, 0.25) is 0 Å². The van der Waals surface area contributed by atoms with E-state index in [1.165, 1.54) is 18.4 Å². The Balaban J connectivity index is 1.57. The molecule has 130 valence electrons. The predicted molar refractivity (Wildman–Crippen MR) is 104 cm³/mol. The molecule has 0 spiro atoms. The first kappa shape index (κ1) is 17.4. The van der Waals surface area contributed by atoms with Crippen molar-refractivity contribution in [3.8, 4) is 0 Å². The van der Waals surface area contributed by atoms with E-state index in [1.807, 2.05) is 49.5 Å². The Bertz CT molecular complexity index is 701. The van der Waals surface area contributed by atoms with Crippen LogP contribution in [0.5, 0.6) is 0 Å². The van der Waals surface area contributed by atoms with Crippen LogP contribution in [0.1, 0.15) is 40.2 Å². The molecule has 1 heterocycles. The highest BCUT2D eigenvalue weighted by atomic mass is 16.2. The highest BCUT2D eigenvalue weighted by Crippen LogP contribution is 2.23. The van der Waals surface area contributed by atoms with E-state index < -0.39 is 0 Å². The lowest BCUT2D eigenvalue weighted by molar-refractivity contribution is 0.0810. The van der Waals surface area contributed by atoms with Gasteiger partial charge < -0.3 is 10.2 Å². The molecule has 0 unspecified atom stereocenters. The maximum atomic E-state index is 12.6. The standard InChI is InChI=1S/C22H26N2O/c1-24(16-6-9-18-7-3-2-4-8-18)22(25)20-13-11-19(12-14-20)21-10-5-15-23-17-21/h2-4,6-9,11-14,21,23H,5,10,15-17H2,1H3/b9-6+/t21-/m0/s1. The molecule has 0 saturated carbocycles. The molecule has 1 amide bonds. The zero-order chi connectivity index (χ0) is 17.5. The van der Waals surface area contributed by atoms with Gasteiger partial charge in [-0.3, -0.25) is 4.79 Å². The number of nitrogens with one attached hydrogen (secondary N) is 1. The highest BCUT2D eigenvalue weighted by Gasteiger charge is 2.16. The summed E-state index contributed by atoms with van der Waals surface area (Å²) < 4.78 is 0. The molecule has 3 rings (SSSR count). The third kappa shape index (κ3) is 4.80. The normalized spacial score (nSPS) is 17.6. The molecule has 25 heavy (non-hydrogen) atoms. The van der Waals surface area contributed by atoms with Crippen molar-refractivity contribution in [3.63, 3.8) is 0 Å². The second kappa shape index (κ2) is 8.63. The highest BCUT2D eigenvalue weighted by molar-refractivity contribution is 5.94. The molecule has 3 heteroatoms. The van der Waals surface area contributed by atoms with Crippen LogP contribution >= 0.6 is 0 Å². The van der Waals surface area contributed by atoms with Gasteiger partial charge in [-0.05, 0) is 48.6 Å². The number of benzene rings is 2. The average Bonchev–Trinajstić information content (AvgIpc) is 2.69. The first-order valence-corrected chi connectivity index (χ1v) is 9.02. The predicted octanol–water partition coefficient (Wildman–Crippen LogP) is 3.94. The Kier molecular flexibility index (Phi) is 6.02. The van der Waals surface area contributed by atoms with E-state index in [1.54, 1.807) is 4.90 Å². The van der Waals surface area contributed by atoms with Crippen molar-refractivity contribution in [2.45, 2.75) is 18.8 Å². The second-order valence-electron chi connectivity index (χ2n) is 6.66. The van der Waals surface area contributed by atoms with Gasteiger partial charge in [-0.1, -0.05) is 54.6 Å². The number of rotatable bonds is 5. The Labute approximate surface area is 150 Å². The zero-order valence-electron chi connectivity index (χ0n) is 14.8. The van der Waals surface area contributed by atoms with Crippen molar-refractivity contribution in [2.75, 3.05) is 26.7 Å². The Morgan fingerprint density at radius 2 is 1.92 bits per heavy atom. The largest absolute Gasteiger partial charge is 0.338 e. The van der Waals surface area contributed by atoms with Crippen molar-refractivity contribution in [1.29, 1.82) is 0 Å². The summed E-state index contributed by atoms with van der Waals surface area (Å²) in [5, 5.41) is 3.44. The van der Waals surface area contributed by atoms with Crippen LogP contribution < -0.4 is 5.32 Å². The summed E-state index contributed by atoms with van der Waals surface area (Å²) in [6.45, 7) is 2.76. The fraction of sp³-hybridized carbons (Fsp3) is 0.318. The monoisotopic (exact) mass is 334 g/mol. The summed E-state index contributed by atoms with van der Waals surface area (Å²) in [4.78, 5) is 14.3. The minimum atomic E-state index is 0.0611. The van der Waals surface area contributed by atoms with Gasteiger partial charge in [0, 0.05) is 25.7 Å². The van der Waals surface area contributed by atoms with Crippen LogP contribution in [-0.4, -0.2) is 37.5 Å². The Morgan fingerprint density at radius 3 is 2.60 bits per heavy atom. The zero-order valence-corrected chi connectivity index (χ0v) is 14.8. The van der Waals surface area contributed by atoms with Gasteiger partial charge in [-0.2, -0.15) is 0 Å². The lowest BCUT2D eigenvalue weighted by atomic mass is 9.91. The SMILES string of the molecule is CN(C/C=C/c1ccccc1)C(=O)c1ccc([C@H]2CCCNC2)cc1. The van der Waals surface area contributed by atoms with E-state index in [9.17, 15) is 4.79 Å². The quantitative estimate of drug-likeness (QED) is 0.898. The molecule has 2 aromatic rings. The van der Waals surface area contributed by atoms with Crippen molar-refractivity contribution in [2.24, 2.45) is 0 Å². The minimum absolute atomic E-state index is 0.0611. The maximum Gasteiger partial charge on any atom is 0.253 e. The lowest BCUT2D eigenvalue weighted by Crippen LogP contribution is -2.28. The number of carbonyl (C=O) groups excluding carboxylic acids is 1.